The van der Waals surface area contributed by atoms with E-state index in [-0.39, 0.29) is 0 Å². The quantitative estimate of drug-likeness (QED) is 0.802. The van der Waals surface area contributed by atoms with Gasteiger partial charge >= 0.3 is 0 Å². The highest BCUT2D eigenvalue weighted by Crippen LogP contribution is 2.22. The maximum atomic E-state index is 5.23. The van der Waals surface area contributed by atoms with Gasteiger partial charge in [-0.1, -0.05) is 18.2 Å². The summed E-state index contributed by atoms with van der Waals surface area (Å²) in [5, 5.41) is 8.82. The van der Waals surface area contributed by atoms with E-state index in [1.165, 1.54) is 16.8 Å². The highest BCUT2D eigenvalue weighted by atomic mass is 16.5. The lowest BCUT2D eigenvalue weighted by atomic mass is 10.2. The molecule has 24 heavy (non-hydrogen) atoms. The van der Waals surface area contributed by atoms with Gasteiger partial charge in [-0.2, -0.15) is 5.10 Å². The van der Waals surface area contributed by atoms with Gasteiger partial charge in [-0.3, -0.25) is 10.00 Å². The van der Waals surface area contributed by atoms with Gasteiger partial charge < -0.3 is 9.64 Å². The SMILES string of the molecule is COc1ccc(N2CCN(Cc3[nH]nc4ccccc34)CC2)cc1. The Kier molecular flexibility index (Phi) is 4.09. The Hall–Kier alpha value is -2.53. The lowest BCUT2D eigenvalue weighted by Gasteiger charge is -2.36. The molecule has 5 nitrogen and oxygen atoms in total. The Labute approximate surface area is 141 Å². The minimum atomic E-state index is 0.906. The van der Waals surface area contributed by atoms with Crippen LogP contribution in [0.2, 0.25) is 0 Å². The maximum Gasteiger partial charge on any atom is 0.119 e. The van der Waals surface area contributed by atoms with E-state index in [1.807, 2.05) is 18.2 Å². The standard InChI is InChI=1S/C19H22N4O/c1-24-16-8-6-15(7-9-16)23-12-10-22(11-13-23)14-19-17-4-2-3-5-18(17)20-21-19/h2-9H,10-14H2,1H3,(H,20,21). The molecular formula is C19H22N4O. The number of aromatic amines is 1. The van der Waals surface area contributed by atoms with Gasteiger partial charge in [-0.15, -0.1) is 0 Å². The molecular weight excluding hydrogens is 300 g/mol. The van der Waals surface area contributed by atoms with E-state index in [4.69, 9.17) is 4.74 Å². The first-order valence-electron chi connectivity index (χ1n) is 8.37. The summed E-state index contributed by atoms with van der Waals surface area (Å²) in [5.74, 6) is 0.906. The van der Waals surface area contributed by atoms with Crippen LogP contribution in [0.4, 0.5) is 5.69 Å². The summed E-state index contributed by atoms with van der Waals surface area (Å²) in [6.07, 6.45) is 0. The zero-order valence-electron chi connectivity index (χ0n) is 13.9. The fraction of sp³-hybridized carbons (Fsp3) is 0.316. The second kappa shape index (κ2) is 6.53. The summed E-state index contributed by atoms with van der Waals surface area (Å²) in [7, 11) is 1.70. The van der Waals surface area contributed by atoms with E-state index in [0.717, 1.165) is 44.0 Å². The fourth-order valence-corrected chi connectivity index (χ4v) is 3.32. The summed E-state index contributed by atoms with van der Waals surface area (Å²) in [6.45, 7) is 5.12. The molecule has 0 aliphatic carbocycles. The molecule has 1 aliphatic heterocycles. The number of nitrogens with one attached hydrogen (secondary N) is 1. The lowest BCUT2D eigenvalue weighted by molar-refractivity contribution is 0.248. The number of hydrogen-bond donors (Lipinski definition) is 1. The van der Waals surface area contributed by atoms with Crippen molar-refractivity contribution in [2.75, 3.05) is 38.2 Å². The van der Waals surface area contributed by atoms with E-state index in [1.54, 1.807) is 7.11 Å². The first-order chi connectivity index (χ1) is 11.8. The minimum Gasteiger partial charge on any atom is -0.497 e. The molecule has 0 atom stereocenters. The maximum absolute atomic E-state index is 5.23. The van der Waals surface area contributed by atoms with Crippen LogP contribution in [0.3, 0.4) is 0 Å². The topological polar surface area (TPSA) is 44.4 Å². The van der Waals surface area contributed by atoms with Crippen LogP contribution in [0, 0.1) is 0 Å². The summed E-state index contributed by atoms with van der Waals surface area (Å²) in [4.78, 5) is 4.92. The Morgan fingerprint density at radius 1 is 1.00 bits per heavy atom. The van der Waals surface area contributed by atoms with Gasteiger partial charge in [-0.25, -0.2) is 0 Å². The molecule has 2 aromatic carbocycles. The first kappa shape index (κ1) is 15.0. The van der Waals surface area contributed by atoms with Gasteiger partial charge in [0.2, 0.25) is 0 Å². The predicted octanol–water partition coefficient (Wildman–Crippen LogP) is 2.89. The van der Waals surface area contributed by atoms with Crippen LogP contribution in [0.1, 0.15) is 5.69 Å². The molecule has 1 N–H and O–H groups in total. The first-order valence-corrected chi connectivity index (χ1v) is 8.37. The number of H-pyrrole nitrogens is 1. The molecule has 0 saturated carbocycles. The van der Waals surface area contributed by atoms with E-state index in [0.29, 0.717) is 0 Å². The molecule has 0 bridgehead atoms. The average Bonchev–Trinajstić information content (AvgIpc) is 3.06. The second-order valence-corrected chi connectivity index (χ2v) is 6.18. The van der Waals surface area contributed by atoms with Crippen molar-refractivity contribution in [2.45, 2.75) is 6.54 Å². The van der Waals surface area contributed by atoms with Gasteiger partial charge in [0, 0.05) is 43.8 Å². The van der Waals surface area contributed by atoms with Crippen LogP contribution in [-0.4, -0.2) is 48.4 Å². The highest BCUT2D eigenvalue weighted by molar-refractivity contribution is 5.81. The lowest BCUT2D eigenvalue weighted by Crippen LogP contribution is -2.46. The summed E-state index contributed by atoms with van der Waals surface area (Å²) >= 11 is 0. The van der Waals surface area contributed by atoms with Crippen molar-refractivity contribution in [1.29, 1.82) is 0 Å². The number of piperazine rings is 1. The Morgan fingerprint density at radius 3 is 2.50 bits per heavy atom. The van der Waals surface area contributed by atoms with Crippen LogP contribution in [-0.2, 0) is 6.54 Å². The van der Waals surface area contributed by atoms with Gasteiger partial charge in [0.25, 0.3) is 0 Å². The molecule has 0 amide bonds. The number of anilines is 1. The largest absolute Gasteiger partial charge is 0.497 e. The van der Waals surface area contributed by atoms with Crippen molar-refractivity contribution in [1.82, 2.24) is 15.1 Å². The van der Waals surface area contributed by atoms with Crippen molar-refractivity contribution in [3.05, 3.63) is 54.2 Å². The zero-order valence-corrected chi connectivity index (χ0v) is 13.9. The minimum absolute atomic E-state index is 0.906. The van der Waals surface area contributed by atoms with E-state index >= 15 is 0 Å². The second-order valence-electron chi connectivity index (χ2n) is 6.18. The van der Waals surface area contributed by atoms with Crippen LogP contribution in [0.15, 0.2) is 48.5 Å². The number of rotatable bonds is 4. The van der Waals surface area contributed by atoms with Crippen LogP contribution < -0.4 is 9.64 Å². The fourth-order valence-electron chi connectivity index (χ4n) is 3.32. The number of fused-ring (bicyclic) bond motifs is 1. The predicted molar refractivity (Wildman–Crippen MR) is 96.6 cm³/mol. The molecule has 1 saturated heterocycles. The molecule has 0 radical (unpaired) electrons. The van der Waals surface area contributed by atoms with E-state index in [2.05, 4.69) is 50.3 Å². The Morgan fingerprint density at radius 2 is 1.75 bits per heavy atom. The Bertz CT molecular complexity index is 804. The van der Waals surface area contributed by atoms with Crippen molar-refractivity contribution in [3.63, 3.8) is 0 Å². The summed E-state index contributed by atoms with van der Waals surface area (Å²) < 4.78 is 5.23. The molecule has 3 aromatic rings. The van der Waals surface area contributed by atoms with Crippen LogP contribution in [0.25, 0.3) is 10.9 Å². The Balaban J connectivity index is 1.39. The number of ether oxygens (including phenoxy) is 1. The van der Waals surface area contributed by atoms with Gasteiger partial charge in [0.15, 0.2) is 0 Å². The third-order valence-electron chi connectivity index (χ3n) is 4.73. The zero-order chi connectivity index (χ0) is 16.4. The average molecular weight is 322 g/mol. The summed E-state index contributed by atoms with van der Waals surface area (Å²) in [5.41, 5.74) is 3.52. The van der Waals surface area contributed by atoms with Gasteiger partial charge in [-0.05, 0) is 30.3 Å². The molecule has 124 valence electrons. The summed E-state index contributed by atoms with van der Waals surface area (Å²) in [6, 6.07) is 16.6. The molecule has 0 unspecified atom stereocenters. The van der Waals surface area contributed by atoms with Gasteiger partial charge in [0.05, 0.1) is 18.3 Å². The van der Waals surface area contributed by atoms with Gasteiger partial charge in [0.1, 0.15) is 5.75 Å². The highest BCUT2D eigenvalue weighted by Gasteiger charge is 2.18. The van der Waals surface area contributed by atoms with Crippen LogP contribution in [0.5, 0.6) is 5.75 Å². The van der Waals surface area contributed by atoms with Crippen molar-refractivity contribution in [3.8, 4) is 5.75 Å². The molecule has 1 aromatic heterocycles. The number of benzene rings is 2. The molecule has 5 heteroatoms. The van der Waals surface area contributed by atoms with Crippen molar-refractivity contribution in [2.24, 2.45) is 0 Å². The third-order valence-corrected chi connectivity index (χ3v) is 4.73. The van der Waals surface area contributed by atoms with E-state index < -0.39 is 0 Å². The number of methoxy groups -OCH3 is 1. The monoisotopic (exact) mass is 322 g/mol. The number of para-hydroxylation sites is 1. The third kappa shape index (κ3) is 2.95. The molecule has 1 aliphatic rings. The van der Waals surface area contributed by atoms with Crippen LogP contribution >= 0.6 is 0 Å². The molecule has 1 fully saturated rings. The number of nitrogens with zero attached hydrogens (tertiary/aromatic N) is 3. The molecule has 0 spiro atoms. The molecule has 2 heterocycles. The smallest absolute Gasteiger partial charge is 0.119 e. The molecule has 4 rings (SSSR count). The van der Waals surface area contributed by atoms with E-state index in [9.17, 15) is 0 Å². The normalized spacial score (nSPS) is 15.8. The van der Waals surface area contributed by atoms with Crippen molar-refractivity contribution < 1.29 is 4.74 Å². The van der Waals surface area contributed by atoms with Crippen molar-refractivity contribution >= 4 is 16.6 Å². The number of aromatic nitrogens is 2. The number of hydrogen-bond acceptors (Lipinski definition) is 4.